The van der Waals surface area contributed by atoms with Gasteiger partial charge in [-0.2, -0.15) is 13.2 Å². The Hall–Kier alpha value is -3.49. The lowest BCUT2D eigenvalue weighted by molar-refractivity contribution is -0.185. The number of ketones is 2. The van der Waals surface area contributed by atoms with Crippen LogP contribution in [0.3, 0.4) is 0 Å². The van der Waals surface area contributed by atoms with Gasteiger partial charge in [-0.05, 0) is 64.9 Å². The monoisotopic (exact) mass is 597 g/mol. The first-order valence-electron chi connectivity index (χ1n) is 13.5. The second-order valence-corrected chi connectivity index (χ2v) is 11.8. The summed E-state index contributed by atoms with van der Waals surface area (Å²) in [6, 6.07) is -0.234. The first-order valence-corrected chi connectivity index (χ1v) is 13.5. The van der Waals surface area contributed by atoms with Gasteiger partial charge in [-0.25, -0.2) is 4.39 Å². The maximum absolute atomic E-state index is 15.9. The predicted molar refractivity (Wildman–Crippen MR) is 138 cm³/mol. The highest BCUT2D eigenvalue weighted by molar-refractivity contribution is 6.24. The van der Waals surface area contributed by atoms with E-state index in [0.29, 0.717) is 0 Å². The second kappa shape index (κ2) is 10.1. The molecular weight excluding hydrogens is 566 g/mol. The molecule has 1 saturated heterocycles. The quantitative estimate of drug-likeness (QED) is 0.258. The lowest BCUT2D eigenvalue weighted by Crippen LogP contribution is -2.65. The molecule has 0 spiro atoms. The smallest absolute Gasteiger partial charge is 0.391 e. The Morgan fingerprint density at radius 2 is 1.79 bits per heavy atom. The van der Waals surface area contributed by atoms with Crippen LogP contribution in [0.2, 0.25) is 0 Å². The zero-order chi connectivity index (χ0) is 31.0. The van der Waals surface area contributed by atoms with Crippen molar-refractivity contribution in [2.45, 2.75) is 50.0 Å². The van der Waals surface area contributed by atoms with Gasteiger partial charge < -0.3 is 26.2 Å². The lowest BCUT2D eigenvalue weighted by Gasteiger charge is -2.50. The van der Waals surface area contributed by atoms with Gasteiger partial charge in [-0.15, -0.1) is 0 Å². The molecule has 4 aliphatic rings. The number of benzene rings is 1. The number of aliphatic hydroxyl groups is 3. The van der Waals surface area contributed by atoms with Crippen molar-refractivity contribution in [3.63, 3.8) is 0 Å². The molecule has 1 saturated carbocycles. The Bertz CT molecular complexity index is 1450. The third-order valence-electron chi connectivity index (χ3n) is 9.17. The van der Waals surface area contributed by atoms with Gasteiger partial charge in [-0.1, -0.05) is 0 Å². The van der Waals surface area contributed by atoms with Crippen LogP contribution in [-0.2, 0) is 27.3 Å². The van der Waals surface area contributed by atoms with E-state index in [-0.39, 0.29) is 62.0 Å². The van der Waals surface area contributed by atoms with Gasteiger partial charge >= 0.3 is 6.18 Å². The van der Waals surface area contributed by atoms with Crippen LogP contribution in [-0.4, -0.2) is 92.7 Å². The van der Waals surface area contributed by atoms with E-state index in [2.05, 4.69) is 0 Å². The number of phenols is 1. The standard InChI is InChI=1S/C28H31F4N3O7/c1-34(2)21-15-8-11-7-14-18(22(37)17(11)24(39)27(15,42)25(40)19(23(21)38)26(33)41)16(36)9-12(20(14)29)10-35-5-3-13(4-6-35)28(30,31)32/h9,11,13,15,21,36-37,40,42H,3-8,10H2,1-2H3,(H2,33,41)/t11-,15-,21-,27-/m0/s1. The van der Waals surface area contributed by atoms with Crippen LogP contribution in [0.5, 0.6) is 5.75 Å². The van der Waals surface area contributed by atoms with Crippen molar-refractivity contribution in [2.24, 2.45) is 23.5 Å². The molecule has 1 amide bonds. The van der Waals surface area contributed by atoms with Crippen molar-refractivity contribution in [1.29, 1.82) is 0 Å². The SMILES string of the molecule is CN(C)[C@@H]1C(=O)C(C(N)=O)=C(O)[C@@]2(O)C(=O)C3=C(O)c4c(O)cc(CN5CCC(C(F)(F)F)CC5)c(F)c4C[C@H]3C[C@@H]12. The average Bonchev–Trinajstić information content (AvgIpc) is 2.88. The fourth-order valence-electron chi connectivity index (χ4n) is 7.12. The van der Waals surface area contributed by atoms with Crippen LogP contribution in [0, 0.1) is 23.6 Å². The van der Waals surface area contributed by atoms with Crippen LogP contribution < -0.4 is 5.73 Å². The number of hydrogen-bond acceptors (Lipinski definition) is 9. The van der Waals surface area contributed by atoms with Gasteiger partial charge in [0.2, 0.25) is 5.78 Å². The number of amides is 1. The summed E-state index contributed by atoms with van der Waals surface area (Å²) in [5, 5.41) is 44.5. The van der Waals surface area contributed by atoms with Crippen molar-refractivity contribution in [1.82, 2.24) is 9.80 Å². The molecule has 10 nitrogen and oxygen atoms in total. The number of halogens is 4. The number of alkyl halides is 3. The number of aliphatic hydroxyl groups excluding tert-OH is 2. The molecule has 0 bridgehead atoms. The summed E-state index contributed by atoms with van der Waals surface area (Å²) in [5.74, 6) is -10.6. The molecule has 5 rings (SSSR count). The first-order chi connectivity index (χ1) is 19.5. The highest BCUT2D eigenvalue weighted by atomic mass is 19.4. The molecule has 1 aliphatic heterocycles. The normalized spacial score (nSPS) is 29.1. The van der Waals surface area contributed by atoms with Gasteiger partial charge in [0, 0.05) is 29.2 Å². The summed E-state index contributed by atoms with van der Waals surface area (Å²) in [6.07, 6.45) is -5.02. The fourth-order valence-corrected chi connectivity index (χ4v) is 7.12. The minimum atomic E-state index is -4.31. The number of Topliss-reactive ketones (excluding diaryl/α,β-unsaturated/α-hetero) is 2. The molecule has 4 atom stereocenters. The predicted octanol–water partition coefficient (Wildman–Crippen LogP) is 1.88. The topological polar surface area (TPSA) is 165 Å². The van der Waals surface area contributed by atoms with Crippen LogP contribution in [0.1, 0.15) is 36.0 Å². The Morgan fingerprint density at radius 1 is 1.17 bits per heavy atom. The average molecular weight is 598 g/mol. The zero-order valence-electron chi connectivity index (χ0n) is 22.8. The third kappa shape index (κ3) is 4.38. The molecule has 2 fully saturated rings. The molecule has 0 radical (unpaired) electrons. The second-order valence-electron chi connectivity index (χ2n) is 11.8. The van der Waals surface area contributed by atoms with Gasteiger partial charge in [0.05, 0.1) is 17.5 Å². The van der Waals surface area contributed by atoms with Crippen molar-refractivity contribution in [2.75, 3.05) is 27.2 Å². The van der Waals surface area contributed by atoms with E-state index in [1.54, 1.807) is 4.90 Å². The third-order valence-corrected chi connectivity index (χ3v) is 9.17. The minimum Gasteiger partial charge on any atom is -0.508 e. The van der Waals surface area contributed by atoms with E-state index in [9.17, 15) is 48.0 Å². The van der Waals surface area contributed by atoms with E-state index in [1.807, 2.05) is 0 Å². The molecule has 0 aromatic heterocycles. The number of primary amides is 1. The number of carbonyl (C=O) groups excluding carboxylic acids is 3. The molecule has 42 heavy (non-hydrogen) atoms. The van der Waals surface area contributed by atoms with Crippen molar-refractivity contribution < 1.29 is 52.4 Å². The number of likely N-dealkylation sites (tertiary alicyclic amines) is 1. The van der Waals surface area contributed by atoms with E-state index in [4.69, 9.17) is 5.73 Å². The summed E-state index contributed by atoms with van der Waals surface area (Å²) >= 11 is 0. The summed E-state index contributed by atoms with van der Waals surface area (Å²) in [5.41, 5.74) is 0.638. The number of nitrogens with two attached hydrogens (primary N) is 1. The van der Waals surface area contributed by atoms with Gasteiger partial charge in [0.1, 0.15) is 28.7 Å². The fraction of sp³-hybridized carbons (Fsp3) is 0.536. The lowest BCUT2D eigenvalue weighted by atomic mass is 9.57. The maximum Gasteiger partial charge on any atom is 0.391 e. The van der Waals surface area contributed by atoms with E-state index in [1.165, 1.54) is 19.0 Å². The molecular formula is C28H31F4N3O7. The first kappa shape index (κ1) is 30.0. The summed E-state index contributed by atoms with van der Waals surface area (Å²) < 4.78 is 55.1. The van der Waals surface area contributed by atoms with Gasteiger partial charge in [0.25, 0.3) is 5.91 Å². The van der Waals surface area contributed by atoms with Crippen molar-refractivity contribution >= 4 is 23.2 Å². The van der Waals surface area contributed by atoms with Crippen LogP contribution in [0.4, 0.5) is 17.6 Å². The molecule has 1 heterocycles. The number of fused-ring (bicyclic) bond motifs is 3. The van der Waals surface area contributed by atoms with Gasteiger partial charge in [-0.3, -0.25) is 24.2 Å². The van der Waals surface area contributed by atoms with Crippen molar-refractivity contribution in [3.05, 3.63) is 45.5 Å². The number of nitrogens with zero attached hydrogens (tertiary/aromatic N) is 2. The molecule has 0 unspecified atom stereocenters. The van der Waals surface area contributed by atoms with Crippen LogP contribution in [0.15, 0.2) is 23.0 Å². The van der Waals surface area contributed by atoms with E-state index in [0.717, 1.165) is 6.07 Å². The molecule has 1 aromatic rings. The largest absolute Gasteiger partial charge is 0.508 e. The number of carbonyl (C=O) groups is 3. The number of hydrogen-bond donors (Lipinski definition) is 5. The molecule has 14 heteroatoms. The van der Waals surface area contributed by atoms with Crippen molar-refractivity contribution in [3.8, 4) is 5.75 Å². The van der Waals surface area contributed by atoms with Crippen LogP contribution >= 0.6 is 0 Å². The number of aromatic hydroxyl groups is 1. The number of piperidine rings is 1. The summed E-state index contributed by atoms with van der Waals surface area (Å²) in [6.45, 7) is 0.0448. The van der Waals surface area contributed by atoms with E-state index < -0.39 is 87.3 Å². The zero-order valence-corrected chi connectivity index (χ0v) is 22.8. The highest BCUT2D eigenvalue weighted by Crippen LogP contribution is 2.53. The number of likely N-dealkylation sites (N-methyl/N-ethyl adjacent to an activating group) is 1. The highest BCUT2D eigenvalue weighted by Gasteiger charge is 2.64. The minimum absolute atomic E-state index is 0.00251. The number of phenolic OH excluding ortho intramolecular Hbond substituents is 1. The Kier molecular flexibility index (Phi) is 7.18. The van der Waals surface area contributed by atoms with Gasteiger partial charge in [0.15, 0.2) is 11.4 Å². The molecule has 6 N–H and O–H groups in total. The Balaban J connectivity index is 1.54. The number of rotatable bonds is 4. The van der Waals surface area contributed by atoms with Crippen LogP contribution in [0.25, 0.3) is 5.76 Å². The molecule has 1 aromatic carbocycles. The summed E-state index contributed by atoms with van der Waals surface area (Å²) in [4.78, 5) is 42.0. The summed E-state index contributed by atoms with van der Waals surface area (Å²) in [7, 11) is 2.93. The van der Waals surface area contributed by atoms with E-state index >= 15 is 4.39 Å². The Labute approximate surface area is 237 Å². The Morgan fingerprint density at radius 3 is 2.33 bits per heavy atom. The maximum atomic E-state index is 15.9. The molecule has 228 valence electrons. The molecule has 3 aliphatic carbocycles.